The van der Waals surface area contributed by atoms with Gasteiger partial charge in [-0.25, -0.2) is 4.79 Å². The van der Waals surface area contributed by atoms with Crippen molar-refractivity contribution < 1.29 is 54.1 Å². The van der Waals surface area contributed by atoms with Gasteiger partial charge in [-0.05, 0) is 31.4 Å². The van der Waals surface area contributed by atoms with Crippen molar-refractivity contribution in [3.05, 3.63) is 34.9 Å². The molecule has 0 aliphatic carbocycles. The van der Waals surface area contributed by atoms with Gasteiger partial charge in [0.1, 0.15) is 29.3 Å². The Labute approximate surface area is 252 Å². The van der Waals surface area contributed by atoms with E-state index in [4.69, 9.17) is 18.9 Å². The molecule has 0 radical (unpaired) electrons. The topological polar surface area (TPSA) is 184 Å². The van der Waals surface area contributed by atoms with E-state index in [1.54, 1.807) is 20.8 Å². The summed E-state index contributed by atoms with van der Waals surface area (Å²) in [5.41, 5.74) is 0.851. The summed E-state index contributed by atoms with van der Waals surface area (Å²) in [6, 6.07) is 1.10. The predicted molar refractivity (Wildman–Crippen MR) is 155 cm³/mol. The number of hydrogen-bond acceptors (Lipinski definition) is 11. The number of hydrogen-bond donors (Lipinski definition) is 6. The van der Waals surface area contributed by atoms with Crippen molar-refractivity contribution in [1.82, 2.24) is 5.32 Å². The van der Waals surface area contributed by atoms with Gasteiger partial charge < -0.3 is 49.8 Å². The van der Waals surface area contributed by atoms with Gasteiger partial charge in [0.25, 0.3) is 5.91 Å². The van der Waals surface area contributed by atoms with Crippen molar-refractivity contribution in [2.45, 2.75) is 109 Å². The Morgan fingerprint density at radius 2 is 1.84 bits per heavy atom. The zero-order valence-electron chi connectivity index (χ0n) is 26.0. The van der Waals surface area contributed by atoms with Crippen molar-refractivity contribution in [3.63, 3.8) is 0 Å². The lowest BCUT2D eigenvalue weighted by atomic mass is 9.73. The highest BCUT2D eigenvalue weighted by Gasteiger charge is 2.48. The first-order valence-electron chi connectivity index (χ1n) is 14.5. The molecule has 43 heavy (non-hydrogen) atoms. The molecule has 1 aromatic carbocycles. The summed E-state index contributed by atoms with van der Waals surface area (Å²) in [6.07, 6.45) is -6.89. The minimum absolute atomic E-state index is 0.00479. The van der Waals surface area contributed by atoms with E-state index in [0.29, 0.717) is 11.1 Å². The van der Waals surface area contributed by atoms with Gasteiger partial charge in [0.15, 0.2) is 12.3 Å². The van der Waals surface area contributed by atoms with Crippen molar-refractivity contribution >= 4 is 11.9 Å². The van der Waals surface area contributed by atoms with E-state index in [0.717, 1.165) is 11.6 Å². The zero-order valence-corrected chi connectivity index (χ0v) is 26.0. The highest BCUT2D eigenvalue weighted by Crippen LogP contribution is 2.42. The number of phenolic OH excluding ortho intramolecular Hbond substituents is 2. The second kappa shape index (κ2) is 13.9. The Kier molecular flexibility index (Phi) is 11.2. The second-order valence-electron chi connectivity index (χ2n) is 12.5. The van der Waals surface area contributed by atoms with Gasteiger partial charge in [-0.2, -0.15) is 0 Å². The summed E-state index contributed by atoms with van der Waals surface area (Å²) < 4.78 is 22.7. The first kappa shape index (κ1) is 34.7. The molecular weight excluding hydrogens is 562 g/mol. The number of aliphatic hydroxyl groups excluding tert-OH is 3. The molecule has 2 heterocycles. The number of methoxy groups -OCH3 is 2. The highest BCUT2D eigenvalue weighted by atomic mass is 16.6. The average molecular weight is 610 g/mol. The van der Waals surface area contributed by atoms with E-state index in [9.17, 15) is 35.1 Å². The molecule has 3 unspecified atom stereocenters. The summed E-state index contributed by atoms with van der Waals surface area (Å²) in [4.78, 5) is 25.6. The minimum atomic E-state index is -1.50. The van der Waals surface area contributed by atoms with Gasteiger partial charge in [-0.3, -0.25) is 4.79 Å². The Hall–Kier alpha value is -2.74. The maximum absolute atomic E-state index is 12.9. The molecule has 0 bridgehead atoms. The van der Waals surface area contributed by atoms with Gasteiger partial charge in [0, 0.05) is 50.9 Å². The van der Waals surface area contributed by atoms with Crippen molar-refractivity contribution in [1.29, 1.82) is 0 Å². The third-order valence-electron chi connectivity index (χ3n) is 9.02. The molecule has 0 saturated carbocycles. The third kappa shape index (κ3) is 7.50. The fourth-order valence-electron chi connectivity index (χ4n) is 5.80. The highest BCUT2D eigenvalue weighted by molar-refractivity contribution is 5.96. The lowest BCUT2D eigenvalue weighted by Crippen LogP contribution is -2.59. The largest absolute Gasteiger partial charge is 0.508 e. The summed E-state index contributed by atoms with van der Waals surface area (Å²) in [5.74, 6) is -2.57. The van der Waals surface area contributed by atoms with Crippen molar-refractivity contribution in [3.8, 4) is 11.5 Å². The first-order valence-corrected chi connectivity index (χ1v) is 14.5. The molecular formula is C31H47NO11. The van der Waals surface area contributed by atoms with Crippen molar-refractivity contribution in [2.24, 2.45) is 11.3 Å². The molecule has 12 heteroatoms. The van der Waals surface area contributed by atoms with Gasteiger partial charge >= 0.3 is 5.97 Å². The molecule has 1 amide bonds. The van der Waals surface area contributed by atoms with E-state index in [-0.39, 0.29) is 42.7 Å². The van der Waals surface area contributed by atoms with E-state index in [1.165, 1.54) is 14.2 Å². The average Bonchev–Trinajstić information content (AvgIpc) is 2.94. The van der Waals surface area contributed by atoms with E-state index >= 15 is 0 Å². The number of esters is 1. The fraction of sp³-hybridized carbons (Fsp3) is 0.677. The molecule has 1 saturated heterocycles. The van der Waals surface area contributed by atoms with Crippen LogP contribution in [0.25, 0.3) is 0 Å². The SMILES string of the molecule is C=C(C)C[C@H](OC)[C@H](O)C(=O)N[C@@H](OC)[C@@H]1C[C@@H](O)C(C)(C)C(CC(O)[C@@H](C)C2Cc3c(C)c(O)cc(O)c3C(=O)O2)O1. The molecule has 3 rings (SSSR count). The van der Waals surface area contributed by atoms with Crippen LogP contribution in [-0.4, -0.2) is 101 Å². The molecule has 1 aromatic rings. The first-order chi connectivity index (χ1) is 20.0. The van der Waals surface area contributed by atoms with Gasteiger partial charge in [0.2, 0.25) is 0 Å². The number of aliphatic hydroxyl groups is 3. The van der Waals surface area contributed by atoms with Crippen LogP contribution in [0.2, 0.25) is 0 Å². The molecule has 12 nitrogen and oxygen atoms in total. The second-order valence-corrected chi connectivity index (χ2v) is 12.5. The summed E-state index contributed by atoms with van der Waals surface area (Å²) >= 11 is 0. The van der Waals surface area contributed by atoms with Crippen molar-refractivity contribution in [2.75, 3.05) is 14.2 Å². The van der Waals surface area contributed by atoms with Crippen LogP contribution >= 0.6 is 0 Å². The number of rotatable bonds is 12. The molecule has 0 aromatic heterocycles. The van der Waals surface area contributed by atoms with Crippen LogP contribution in [0, 0.1) is 18.3 Å². The molecule has 242 valence electrons. The molecule has 1 fully saturated rings. The van der Waals surface area contributed by atoms with Crippen LogP contribution in [0.1, 0.15) is 68.4 Å². The normalized spacial score (nSPS) is 26.8. The maximum atomic E-state index is 12.9. The third-order valence-corrected chi connectivity index (χ3v) is 9.02. The van der Waals surface area contributed by atoms with E-state index in [2.05, 4.69) is 11.9 Å². The Morgan fingerprint density at radius 1 is 1.19 bits per heavy atom. The van der Waals surface area contributed by atoms with Crippen LogP contribution in [0.5, 0.6) is 11.5 Å². The lowest BCUT2D eigenvalue weighted by molar-refractivity contribution is -0.217. The number of aromatic hydroxyl groups is 2. The predicted octanol–water partition coefficient (Wildman–Crippen LogP) is 1.85. The van der Waals surface area contributed by atoms with Gasteiger partial charge in [0.05, 0.1) is 24.4 Å². The molecule has 9 atom stereocenters. The lowest BCUT2D eigenvalue weighted by Gasteiger charge is -2.48. The van der Waals surface area contributed by atoms with Crippen LogP contribution < -0.4 is 5.32 Å². The zero-order chi connectivity index (χ0) is 32.4. The Bertz CT molecular complexity index is 1180. The number of nitrogens with one attached hydrogen (secondary N) is 1. The number of benzene rings is 1. The van der Waals surface area contributed by atoms with Crippen LogP contribution in [0.4, 0.5) is 0 Å². The van der Waals surface area contributed by atoms with Crippen LogP contribution in [-0.2, 0) is 30.2 Å². The number of carbonyl (C=O) groups excluding carboxylic acids is 2. The quantitative estimate of drug-likeness (QED) is 0.115. The van der Waals surface area contributed by atoms with Crippen LogP contribution in [0.15, 0.2) is 18.2 Å². The molecule has 2 aliphatic rings. The molecule has 2 aliphatic heterocycles. The number of carbonyl (C=O) groups is 2. The van der Waals surface area contributed by atoms with E-state index < -0.39 is 72.2 Å². The summed E-state index contributed by atoms with van der Waals surface area (Å²) in [6.45, 7) is 12.6. The van der Waals surface area contributed by atoms with E-state index in [1.807, 2.05) is 13.8 Å². The number of ether oxygens (including phenoxy) is 4. The maximum Gasteiger partial charge on any atom is 0.342 e. The van der Waals surface area contributed by atoms with Gasteiger partial charge in [-0.15, -0.1) is 6.58 Å². The summed E-state index contributed by atoms with van der Waals surface area (Å²) in [5, 5.41) is 56.0. The Balaban J connectivity index is 1.73. The summed E-state index contributed by atoms with van der Waals surface area (Å²) in [7, 11) is 2.76. The minimum Gasteiger partial charge on any atom is -0.508 e. The Morgan fingerprint density at radius 3 is 2.42 bits per heavy atom. The molecule has 6 N–H and O–H groups in total. The van der Waals surface area contributed by atoms with Gasteiger partial charge in [-0.1, -0.05) is 26.3 Å². The number of cyclic esters (lactones) is 1. The number of fused-ring (bicyclic) bond motifs is 1. The fourth-order valence-corrected chi connectivity index (χ4v) is 5.80. The standard InChI is InChI=1S/C31H47NO11/c1-14(2)9-22(40-7)27(37)28(38)32-29(41-8)23-13-24(36)31(5,6)25(42-23)12-19(34)16(4)21-10-17-15(3)18(33)11-20(35)26(17)30(39)43-21/h11,16,19,21-25,27,29,33-37H,1,9-10,12-13H2,2-8H3,(H,32,38)/t16-,19?,21?,22+,23+,24-,25?,27+,29+/m1/s1. The van der Waals surface area contributed by atoms with Crippen LogP contribution in [0.3, 0.4) is 0 Å². The number of amides is 1. The number of phenols is 2. The monoisotopic (exact) mass is 609 g/mol. The molecule has 0 spiro atoms. The smallest absolute Gasteiger partial charge is 0.342 e.